The van der Waals surface area contributed by atoms with Crippen molar-refractivity contribution in [2.24, 2.45) is 0 Å². The van der Waals surface area contributed by atoms with Gasteiger partial charge in [0.1, 0.15) is 11.6 Å². The van der Waals surface area contributed by atoms with Gasteiger partial charge in [0.25, 0.3) is 0 Å². The number of hydrogen-bond donors (Lipinski definition) is 4. The molecule has 6 rings (SSSR count). The molecule has 0 aliphatic rings. The van der Waals surface area contributed by atoms with Crippen molar-refractivity contribution in [3.05, 3.63) is 107 Å². The fourth-order valence-electron chi connectivity index (χ4n) is 5.07. The third-order valence-corrected chi connectivity index (χ3v) is 10.7. The van der Waals surface area contributed by atoms with Crippen molar-refractivity contribution in [2.45, 2.75) is 53.8 Å². The van der Waals surface area contributed by atoms with Gasteiger partial charge in [-0.3, -0.25) is 9.72 Å². The van der Waals surface area contributed by atoms with Crippen molar-refractivity contribution in [3.63, 3.8) is 0 Å². The highest BCUT2D eigenvalue weighted by molar-refractivity contribution is 7.99. The van der Waals surface area contributed by atoms with Crippen molar-refractivity contribution in [1.82, 2.24) is 29.7 Å². The van der Waals surface area contributed by atoms with Crippen LogP contribution in [0.1, 0.15) is 38.4 Å². The second-order valence-corrected chi connectivity index (χ2v) is 14.6. The van der Waals surface area contributed by atoms with Gasteiger partial charge in [-0.2, -0.15) is 5.10 Å². The van der Waals surface area contributed by atoms with E-state index in [0.717, 1.165) is 49.4 Å². The number of amides is 2. The number of aromatic hydroxyl groups is 1. The molecule has 0 saturated heterocycles. The first-order chi connectivity index (χ1) is 23.7. The molecule has 0 aliphatic carbocycles. The van der Waals surface area contributed by atoms with E-state index in [1.807, 2.05) is 77.3 Å². The molecule has 49 heavy (non-hydrogen) atoms. The summed E-state index contributed by atoms with van der Waals surface area (Å²) in [7, 11) is 0. The van der Waals surface area contributed by atoms with Crippen LogP contribution < -0.4 is 10.6 Å². The number of phenols is 1. The quantitative estimate of drug-likeness (QED) is 0.0935. The Kier molecular flexibility index (Phi) is 10.5. The molecule has 10 nitrogen and oxygen atoms in total. The predicted octanol–water partition coefficient (Wildman–Crippen LogP) is 8.19. The van der Waals surface area contributed by atoms with E-state index >= 15 is 0 Å². The Bertz CT molecular complexity index is 2110. The van der Waals surface area contributed by atoms with E-state index in [1.54, 1.807) is 40.3 Å². The second-order valence-electron chi connectivity index (χ2n) is 11.9. The number of urea groups is 1. The molecule has 0 unspecified atom stereocenters. The summed E-state index contributed by atoms with van der Waals surface area (Å²) in [6.07, 6.45) is 2.86. The Balaban J connectivity index is 1.20. The third kappa shape index (κ3) is 7.73. The molecule has 13 heteroatoms. The average Bonchev–Trinajstić information content (AvgIpc) is 3.73. The lowest BCUT2D eigenvalue weighted by molar-refractivity contribution is 0.251. The number of hydrogen-bond acceptors (Lipinski definition) is 8. The fraction of sp³-hybridized carbons (Fsp3) is 0.222. The van der Waals surface area contributed by atoms with Gasteiger partial charge in [0.05, 0.1) is 23.0 Å². The minimum Gasteiger partial charge on any atom is -0.506 e. The zero-order chi connectivity index (χ0) is 34.5. The lowest BCUT2D eigenvalue weighted by atomic mass is 9.87. The van der Waals surface area contributed by atoms with Crippen molar-refractivity contribution in [1.29, 1.82) is 0 Å². The maximum atomic E-state index is 13.3. The number of nitrogens with one attached hydrogen (secondary N) is 2. The Morgan fingerprint density at radius 1 is 0.980 bits per heavy atom. The first-order valence-electron chi connectivity index (χ1n) is 15.7. The normalized spacial score (nSPS) is 11.6. The monoisotopic (exact) mass is 713 g/mol. The van der Waals surface area contributed by atoms with Gasteiger partial charge in [-0.1, -0.05) is 80.5 Å². The highest BCUT2D eigenvalue weighted by Gasteiger charge is 2.25. The molecule has 0 fully saturated rings. The number of phenolic OH excluding ortho intramolecular Hbond substituents is 1. The molecule has 4 N–H and O–H groups in total. The van der Waals surface area contributed by atoms with Crippen LogP contribution in [0.2, 0.25) is 5.02 Å². The van der Waals surface area contributed by atoms with Crippen molar-refractivity contribution >= 4 is 52.6 Å². The van der Waals surface area contributed by atoms with Crippen LogP contribution in [0.15, 0.2) is 106 Å². The highest BCUT2D eigenvalue weighted by Crippen LogP contribution is 2.35. The minimum absolute atomic E-state index is 0.0722. The summed E-state index contributed by atoms with van der Waals surface area (Å²) in [5.74, 6) is 1.71. The van der Waals surface area contributed by atoms with Crippen LogP contribution in [-0.4, -0.2) is 53.0 Å². The number of anilines is 1. The summed E-state index contributed by atoms with van der Waals surface area (Å²) in [4.78, 5) is 16.3. The summed E-state index contributed by atoms with van der Waals surface area (Å²) >= 11 is 9.22. The Morgan fingerprint density at radius 3 is 2.53 bits per heavy atom. The van der Waals surface area contributed by atoms with Crippen LogP contribution in [0, 0.1) is 0 Å². The van der Waals surface area contributed by atoms with E-state index < -0.39 is 6.03 Å². The maximum absolute atomic E-state index is 13.3. The first kappa shape index (κ1) is 34.4. The molecule has 252 valence electrons. The highest BCUT2D eigenvalue weighted by atomic mass is 35.5. The summed E-state index contributed by atoms with van der Waals surface area (Å²) in [5, 5.41) is 39.4. The van der Waals surface area contributed by atoms with Gasteiger partial charge in [0.15, 0.2) is 11.5 Å². The van der Waals surface area contributed by atoms with E-state index in [1.165, 1.54) is 6.07 Å². The Morgan fingerprint density at radius 2 is 1.76 bits per heavy atom. The number of carbonyl (C=O) groups is 1. The minimum atomic E-state index is -0.395. The lowest BCUT2D eigenvalue weighted by Crippen LogP contribution is -2.29. The second kappa shape index (κ2) is 15.0. The van der Waals surface area contributed by atoms with E-state index in [0.29, 0.717) is 17.3 Å². The zero-order valence-electron chi connectivity index (χ0n) is 27.2. The van der Waals surface area contributed by atoms with Crippen LogP contribution in [-0.2, 0) is 12.0 Å². The topological polar surface area (TPSA) is 130 Å². The van der Waals surface area contributed by atoms with Gasteiger partial charge in [-0.05, 0) is 48.4 Å². The fourth-order valence-corrected chi connectivity index (χ4v) is 6.96. The van der Waals surface area contributed by atoms with Gasteiger partial charge in [-0.25, -0.2) is 9.48 Å². The number of rotatable bonds is 12. The number of pyridine rings is 1. The number of halogens is 1. The van der Waals surface area contributed by atoms with Crippen LogP contribution in [0.5, 0.6) is 5.75 Å². The average molecular weight is 714 g/mol. The summed E-state index contributed by atoms with van der Waals surface area (Å²) in [5.41, 5.74) is 3.76. The molecule has 2 amide bonds. The lowest BCUT2D eigenvalue weighted by Gasteiger charge is -2.19. The molecule has 0 saturated carbocycles. The molecular weight excluding hydrogens is 678 g/mol. The molecule has 3 aromatic heterocycles. The molecule has 0 spiro atoms. The number of aromatic nitrogens is 5. The first-order valence-corrected chi connectivity index (χ1v) is 17.9. The molecular formula is C36H36ClN7O3S2. The van der Waals surface area contributed by atoms with Crippen LogP contribution in [0.25, 0.3) is 22.7 Å². The number of benzene rings is 3. The molecule has 3 aromatic carbocycles. The number of nitrogens with zero attached hydrogens (tertiary/aromatic N) is 5. The number of thioether (sulfide) groups is 1. The molecule has 0 aliphatic heterocycles. The number of aliphatic hydroxyl groups excluding tert-OH is 1. The van der Waals surface area contributed by atoms with E-state index in [2.05, 4.69) is 41.6 Å². The number of carbonyl (C=O) groups excluding carboxylic acids is 1. The number of fused-ring (bicyclic) bond motifs is 1. The summed E-state index contributed by atoms with van der Waals surface area (Å²) in [6.45, 7) is 6.65. The Hall–Kier alpha value is -4.49. The van der Waals surface area contributed by atoms with E-state index in [-0.39, 0.29) is 29.3 Å². The van der Waals surface area contributed by atoms with Crippen LogP contribution in [0.4, 0.5) is 10.6 Å². The largest absolute Gasteiger partial charge is 0.506 e. The third-order valence-electron chi connectivity index (χ3n) is 8.19. The maximum Gasteiger partial charge on any atom is 0.320 e. The van der Waals surface area contributed by atoms with Gasteiger partial charge >= 0.3 is 6.03 Å². The van der Waals surface area contributed by atoms with Crippen molar-refractivity contribution in [2.75, 3.05) is 17.7 Å². The van der Waals surface area contributed by atoms with E-state index in [9.17, 15) is 15.0 Å². The van der Waals surface area contributed by atoms with Crippen LogP contribution in [0.3, 0.4) is 0 Å². The van der Waals surface area contributed by atoms with Gasteiger partial charge in [0.2, 0.25) is 0 Å². The van der Waals surface area contributed by atoms with Gasteiger partial charge in [-0.15, -0.1) is 22.0 Å². The van der Waals surface area contributed by atoms with Crippen LogP contribution >= 0.6 is 35.1 Å². The molecule has 6 aromatic rings. The molecule has 0 atom stereocenters. The smallest absolute Gasteiger partial charge is 0.320 e. The van der Waals surface area contributed by atoms with Gasteiger partial charge in [0, 0.05) is 56.3 Å². The van der Waals surface area contributed by atoms with Crippen molar-refractivity contribution < 1.29 is 15.0 Å². The van der Waals surface area contributed by atoms with Gasteiger partial charge < -0.3 is 15.5 Å². The predicted molar refractivity (Wildman–Crippen MR) is 196 cm³/mol. The standard InChI is InChI=1S/C36H36ClN7O3S2/c1-4-36(2,3)31-20-33(44(42-31)24-13-15-27(37)28(46)19-24)39-35(47)38-21-23-9-5-7-11-29(23)49-25-14-16-32-40-41-34(43(32)22-25)26-10-6-8-12-30(26)48-18-17-45/h5-16,19-20,22,45-46H,4,17-18,21H2,1-3H3,(H2,38,39,47). The molecule has 0 bridgehead atoms. The Labute approximate surface area is 297 Å². The molecule has 0 radical (unpaired) electrons. The summed E-state index contributed by atoms with van der Waals surface area (Å²) < 4.78 is 3.58. The van der Waals surface area contributed by atoms with E-state index in [4.69, 9.17) is 16.7 Å². The molecule has 3 heterocycles. The van der Waals surface area contributed by atoms with Crippen molar-refractivity contribution in [3.8, 4) is 22.8 Å². The number of aliphatic hydroxyl groups is 1. The zero-order valence-corrected chi connectivity index (χ0v) is 29.6. The SMILES string of the molecule is CCC(C)(C)c1cc(NC(=O)NCc2ccccc2Sc2ccc3nnc(-c4ccccc4SCCO)n3c2)n(-c2ccc(Cl)c(O)c2)n1. The summed E-state index contributed by atoms with van der Waals surface area (Å²) in [6, 6.07) is 26.2.